The van der Waals surface area contributed by atoms with Crippen LogP contribution in [0.1, 0.15) is 12.0 Å². The van der Waals surface area contributed by atoms with E-state index in [2.05, 4.69) is 26.8 Å². The zero-order valence-corrected chi connectivity index (χ0v) is 14.6. The highest BCUT2D eigenvalue weighted by molar-refractivity contribution is 5.90. The topological polar surface area (TPSA) is 99.2 Å². The van der Waals surface area contributed by atoms with Gasteiger partial charge in [-0.05, 0) is 24.3 Å². The summed E-state index contributed by atoms with van der Waals surface area (Å²) in [5.41, 5.74) is 0.873. The molecule has 1 atom stereocenters. The molecule has 3 heterocycles. The van der Waals surface area contributed by atoms with Crippen LogP contribution in [0.5, 0.6) is 0 Å². The number of hydrogen-bond donors (Lipinski definition) is 2. The van der Waals surface area contributed by atoms with Gasteiger partial charge in [-0.25, -0.2) is 9.97 Å². The smallest absolute Gasteiger partial charge is 0.277 e. The van der Waals surface area contributed by atoms with Crippen molar-refractivity contribution in [2.24, 2.45) is 0 Å². The molecule has 0 bridgehead atoms. The fourth-order valence-corrected chi connectivity index (χ4v) is 3.01. The lowest BCUT2D eigenvalue weighted by molar-refractivity contribution is -0.137. The van der Waals surface area contributed by atoms with Crippen molar-refractivity contribution in [2.45, 2.75) is 12.0 Å². The number of fused-ring (bicyclic) bond motifs is 1. The minimum Gasteiger partial charge on any atom is -0.369 e. The third-order valence-corrected chi connectivity index (χ3v) is 4.57. The first-order chi connectivity index (χ1) is 13.0. The Morgan fingerprint density at radius 2 is 2.11 bits per heavy atom. The van der Waals surface area contributed by atoms with Crippen molar-refractivity contribution in [3.8, 4) is 23.1 Å². The second-order valence-electron chi connectivity index (χ2n) is 6.46. The number of rotatable bonds is 1. The largest absolute Gasteiger partial charge is 0.369 e. The molecule has 2 aromatic heterocycles. The van der Waals surface area contributed by atoms with E-state index in [4.69, 9.17) is 0 Å². The second kappa shape index (κ2) is 6.34. The lowest BCUT2D eigenvalue weighted by atomic mass is 10.0. The molecule has 2 N–H and O–H groups in total. The number of hydrogen-bond acceptors (Lipinski definition) is 5. The Balaban J connectivity index is 1.70. The zero-order chi connectivity index (χ0) is 19.0. The van der Waals surface area contributed by atoms with Crippen LogP contribution in [0.2, 0.25) is 0 Å². The van der Waals surface area contributed by atoms with Crippen molar-refractivity contribution in [1.29, 1.82) is 0 Å². The number of pyridine rings is 1. The minimum atomic E-state index is -1.63. The second-order valence-corrected chi connectivity index (χ2v) is 6.46. The highest BCUT2D eigenvalue weighted by atomic mass is 16.3. The maximum absolute atomic E-state index is 12.0. The molecule has 1 aromatic carbocycles. The lowest BCUT2D eigenvalue weighted by Gasteiger charge is -2.13. The molecule has 134 valence electrons. The number of aromatic nitrogens is 3. The van der Waals surface area contributed by atoms with Crippen molar-refractivity contribution in [3.63, 3.8) is 0 Å². The first-order valence-electron chi connectivity index (χ1n) is 8.42. The number of likely N-dealkylation sites (N-methyl/N-ethyl adjacent to an activating group) is 1. The van der Waals surface area contributed by atoms with E-state index in [1.54, 1.807) is 31.3 Å². The van der Waals surface area contributed by atoms with Gasteiger partial charge < -0.3 is 15.0 Å². The van der Waals surface area contributed by atoms with Crippen molar-refractivity contribution in [3.05, 3.63) is 58.6 Å². The van der Waals surface area contributed by atoms with E-state index in [9.17, 15) is 14.7 Å². The van der Waals surface area contributed by atoms with Gasteiger partial charge in [0.05, 0.1) is 17.5 Å². The van der Waals surface area contributed by atoms with Gasteiger partial charge in [0.15, 0.2) is 5.52 Å². The van der Waals surface area contributed by atoms with Crippen LogP contribution >= 0.6 is 0 Å². The highest BCUT2D eigenvalue weighted by Gasteiger charge is 2.42. The Labute approximate surface area is 154 Å². The molecule has 0 saturated carbocycles. The van der Waals surface area contributed by atoms with Gasteiger partial charge in [0.1, 0.15) is 0 Å². The van der Waals surface area contributed by atoms with E-state index in [0.717, 1.165) is 5.56 Å². The summed E-state index contributed by atoms with van der Waals surface area (Å²) in [7, 11) is 1.64. The Hall–Kier alpha value is -3.50. The van der Waals surface area contributed by atoms with E-state index in [1.165, 1.54) is 11.2 Å². The molecule has 0 radical (unpaired) electrons. The van der Waals surface area contributed by atoms with E-state index >= 15 is 0 Å². The van der Waals surface area contributed by atoms with Crippen molar-refractivity contribution in [1.82, 2.24) is 19.9 Å². The maximum atomic E-state index is 12.0. The lowest BCUT2D eigenvalue weighted by Crippen LogP contribution is -2.37. The Bertz CT molecular complexity index is 1170. The number of H-pyrrole nitrogens is 1. The number of aliphatic hydroxyl groups is 1. The van der Waals surface area contributed by atoms with Crippen LogP contribution in [-0.4, -0.2) is 50.1 Å². The van der Waals surface area contributed by atoms with Gasteiger partial charge in [0, 0.05) is 31.1 Å². The van der Waals surface area contributed by atoms with Gasteiger partial charge in [0.2, 0.25) is 5.60 Å². The van der Waals surface area contributed by atoms with Crippen LogP contribution < -0.4 is 5.56 Å². The van der Waals surface area contributed by atoms with E-state index in [-0.39, 0.29) is 23.4 Å². The van der Waals surface area contributed by atoms with Crippen LogP contribution in [0.4, 0.5) is 0 Å². The van der Waals surface area contributed by atoms with Gasteiger partial charge >= 0.3 is 0 Å². The molecule has 7 nitrogen and oxygen atoms in total. The molecule has 1 fully saturated rings. The summed E-state index contributed by atoms with van der Waals surface area (Å²) in [6.45, 7) is 0.480. The third kappa shape index (κ3) is 3.07. The van der Waals surface area contributed by atoms with Gasteiger partial charge in [-0.1, -0.05) is 24.0 Å². The minimum absolute atomic E-state index is 0.264. The molecule has 0 unspecified atom stereocenters. The number of aromatic amines is 1. The van der Waals surface area contributed by atoms with Crippen LogP contribution in [-0.2, 0) is 4.79 Å². The summed E-state index contributed by atoms with van der Waals surface area (Å²) >= 11 is 0. The van der Waals surface area contributed by atoms with Crippen LogP contribution in [0.15, 0.2) is 47.5 Å². The first kappa shape index (κ1) is 16.9. The number of benzene rings is 1. The summed E-state index contributed by atoms with van der Waals surface area (Å²) in [5, 5.41) is 10.4. The summed E-state index contributed by atoms with van der Waals surface area (Å²) in [5.74, 6) is 5.20. The summed E-state index contributed by atoms with van der Waals surface area (Å²) in [4.78, 5) is 36.4. The summed E-state index contributed by atoms with van der Waals surface area (Å²) < 4.78 is 0. The average molecular weight is 360 g/mol. The quantitative estimate of drug-likeness (QED) is 0.629. The molecule has 1 saturated heterocycles. The third-order valence-electron chi connectivity index (χ3n) is 4.57. The highest BCUT2D eigenvalue weighted by Crippen LogP contribution is 2.22. The van der Waals surface area contributed by atoms with Crippen molar-refractivity contribution < 1.29 is 9.90 Å². The van der Waals surface area contributed by atoms with Crippen LogP contribution in [0, 0.1) is 11.8 Å². The molecular formula is C20H16N4O3. The molecule has 1 amide bonds. The van der Waals surface area contributed by atoms with Crippen LogP contribution in [0.3, 0.4) is 0 Å². The van der Waals surface area contributed by atoms with E-state index in [0.29, 0.717) is 23.3 Å². The monoisotopic (exact) mass is 360 g/mol. The number of carbonyl (C=O) groups excluding carboxylic acids is 1. The van der Waals surface area contributed by atoms with Gasteiger partial charge in [-0.15, -0.1) is 0 Å². The fourth-order valence-electron chi connectivity index (χ4n) is 3.01. The zero-order valence-electron chi connectivity index (χ0n) is 14.6. The Morgan fingerprint density at radius 3 is 2.89 bits per heavy atom. The molecular weight excluding hydrogens is 344 g/mol. The predicted molar refractivity (Wildman–Crippen MR) is 99.7 cm³/mol. The molecule has 3 aromatic rings. The van der Waals surface area contributed by atoms with Gasteiger partial charge in [-0.2, -0.15) is 0 Å². The van der Waals surface area contributed by atoms with Crippen molar-refractivity contribution in [2.75, 3.05) is 13.6 Å². The molecule has 1 aliphatic heterocycles. The van der Waals surface area contributed by atoms with Gasteiger partial charge in [-0.3, -0.25) is 9.59 Å². The average Bonchev–Trinajstić information content (AvgIpc) is 2.95. The fraction of sp³-hybridized carbons (Fsp3) is 0.200. The van der Waals surface area contributed by atoms with Gasteiger partial charge in [0.25, 0.3) is 11.5 Å². The van der Waals surface area contributed by atoms with E-state index < -0.39 is 5.60 Å². The number of likely N-dealkylation sites (tertiary alicyclic amines) is 1. The summed E-state index contributed by atoms with van der Waals surface area (Å²) in [6.07, 6.45) is 1.63. The van der Waals surface area contributed by atoms with Crippen LogP contribution in [0.25, 0.3) is 22.3 Å². The molecule has 1 aliphatic rings. The number of nitrogens with zero attached hydrogens (tertiary/aromatic N) is 3. The SMILES string of the molecule is CN1CC[C@@](O)(C#Cc2cccc(-c3ccc4nc[nH]c(=O)c4n3)c2)C1=O. The standard InChI is InChI=1S/C20H16N4O3/c1-24-10-9-20(27,19(24)26)8-7-13-3-2-4-14(11-13)15-5-6-16-17(23-15)18(25)22-12-21-16/h2-6,11-12,27H,9-10H2,1H3,(H,21,22,25)/t20-/m0/s1. The number of nitrogens with one attached hydrogen (secondary N) is 1. The first-order valence-corrected chi connectivity index (χ1v) is 8.42. The molecule has 7 heteroatoms. The molecule has 0 aliphatic carbocycles. The Morgan fingerprint density at radius 1 is 1.26 bits per heavy atom. The predicted octanol–water partition coefficient (Wildman–Crippen LogP) is 0.930. The maximum Gasteiger partial charge on any atom is 0.277 e. The van der Waals surface area contributed by atoms with E-state index in [1.807, 2.05) is 12.1 Å². The number of amides is 1. The molecule has 4 rings (SSSR count). The Kier molecular flexibility index (Phi) is 3.98. The molecule has 27 heavy (non-hydrogen) atoms. The summed E-state index contributed by atoms with van der Waals surface area (Å²) in [6, 6.07) is 10.8. The van der Waals surface area contributed by atoms with Crippen molar-refractivity contribution >= 4 is 16.9 Å². The normalized spacial score (nSPS) is 19.2. The number of carbonyl (C=O) groups is 1. The molecule has 0 spiro atoms.